The van der Waals surface area contributed by atoms with E-state index in [9.17, 15) is 0 Å². The van der Waals surface area contributed by atoms with Crippen molar-refractivity contribution >= 4 is 0 Å². The molecular formula is C12H19N3O3. The van der Waals surface area contributed by atoms with Crippen molar-refractivity contribution in [1.82, 2.24) is 15.5 Å². The highest BCUT2D eigenvalue weighted by Gasteiger charge is 2.22. The van der Waals surface area contributed by atoms with E-state index in [4.69, 9.17) is 14.0 Å². The number of nitrogens with zero attached hydrogens (tertiary/aromatic N) is 2. The van der Waals surface area contributed by atoms with Crippen LogP contribution in [0.15, 0.2) is 4.52 Å². The van der Waals surface area contributed by atoms with Gasteiger partial charge in [0.05, 0.1) is 12.7 Å². The summed E-state index contributed by atoms with van der Waals surface area (Å²) in [6, 6.07) is 0. The molecule has 0 spiro atoms. The van der Waals surface area contributed by atoms with Crippen molar-refractivity contribution in [3.63, 3.8) is 0 Å². The Balaban J connectivity index is 1.52. The number of morpholine rings is 1. The van der Waals surface area contributed by atoms with Crippen LogP contribution in [0.1, 0.15) is 37.1 Å². The van der Waals surface area contributed by atoms with Crippen molar-refractivity contribution in [2.24, 2.45) is 0 Å². The average Bonchev–Trinajstić information content (AvgIpc) is 3.09. The summed E-state index contributed by atoms with van der Waals surface area (Å²) < 4.78 is 16.4. The van der Waals surface area contributed by atoms with Gasteiger partial charge in [-0.15, -0.1) is 0 Å². The van der Waals surface area contributed by atoms with E-state index < -0.39 is 0 Å². The molecule has 2 saturated heterocycles. The van der Waals surface area contributed by atoms with Gasteiger partial charge >= 0.3 is 0 Å². The van der Waals surface area contributed by atoms with Crippen molar-refractivity contribution in [3.05, 3.63) is 11.7 Å². The highest BCUT2D eigenvalue weighted by atomic mass is 16.5. The third-order valence-electron chi connectivity index (χ3n) is 3.40. The fourth-order valence-corrected chi connectivity index (χ4v) is 2.39. The van der Waals surface area contributed by atoms with Gasteiger partial charge in [-0.25, -0.2) is 0 Å². The normalized spacial score (nSPS) is 28.7. The van der Waals surface area contributed by atoms with Crippen LogP contribution in [0.3, 0.4) is 0 Å². The predicted molar refractivity (Wildman–Crippen MR) is 63.2 cm³/mol. The quantitative estimate of drug-likeness (QED) is 0.857. The van der Waals surface area contributed by atoms with E-state index in [2.05, 4.69) is 15.5 Å². The number of hydrogen-bond donors (Lipinski definition) is 1. The molecule has 6 heteroatoms. The molecule has 2 atom stereocenters. The summed E-state index contributed by atoms with van der Waals surface area (Å²) in [5.41, 5.74) is 0. The molecule has 0 bridgehead atoms. The van der Waals surface area contributed by atoms with E-state index in [1.54, 1.807) is 0 Å². The molecule has 2 unspecified atom stereocenters. The Hall–Kier alpha value is -0.980. The van der Waals surface area contributed by atoms with Crippen LogP contribution in [0.25, 0.3) is 0 Å². The SMILES string of the molecule is C1COC(CCc2nc(C3CNCCO3)no2)C1. The van der Waals surface area contributed by atoms with Gasteiger partial charge in [-0.05, 0) is 19.3 Å². The number of aryl methyl sites for hydroxylation is 1. The Morgan fingerprint density at radius 3 is 3.06 bits per heavy atom. The minimum absolute atomic E-state index is 0.0704. The lowest BCUT2D eigenvalue weighted by molar-refractivity contribution is 0.0208. The maximum absolute atomic E-state index is 5.58. The zero-order valence-corrected chi connectivity index (χ0v) is 10.4. The number of aromatic nitrogens is 2. The standard InChI is InChI=1S/C12H19N3O3/c1-2-9(16-6-1)3-4-11-14-12(15-18-11)10-8-13-5-7-17-10/h9-10,13H,1-8H2. The van der Waals surface area contributed by atoms with Gasteiger partial charge in [-0.2, -0.15) is 4.98 Å². The van der Waals surface area contributed by atoms with Gasteiger partial charge in [0.2, 0.25) is 11.7 Å². The van der Waals surface area contributed by atoms with Crippen LogP contribution in [-0.2, 0) is 15.9 Å². The fourth-order valence-electron chi connectivity index (χ4n) is 2.39. The van der Waals surface area contributed by atoms with E-state index in [1.165, 1.54) is 6.42 Å². The third-order valence-corrected chi connectivity index (χ3v) is 3.40. The van der Waals surface area contributed by atoms with Crippen molar-refractivity contribution in [2.75, 3.05) is 26.3 Å². The second kappa shape index (κ2) is 5.77. The average molecular weight is 253 g/mol. The first-order valence-electron chi connectivity index (χ1n) is 6.68. The van der Waals surface area contributed by atoms with E-state index >= 15 is 0 Å². The molecule has 0 aromatic carbocycles. The zero-order chi connectivity index (χ0) is 12.2. The number of nitrogens with one attached hydrogen (secondary N) is 1. The minimum atomic E-state index is -0.0704. The first-order valence-corrected chi connectivity index (χ1v) is 6.68. The molecule has 3 rings (SSSR count). The summed E-state index contributed by atoms with van der Waals surface area (Å²) in [6.07, 6.45) is 4.37. The second-order valence-corrected chi connectivity index (χ2v) is 4.78. The van der Waals surface area contributed by atoms with Crippen LogP contribution >= 0.6 is 0 Å². The van der Waals surface area contributed by atoms with E-state index in [-0.39, 0.29) is 6.10 Å². The van der Waals surface area contributed by atoms with Gasteiger partial charge in [0.25, 0.3) is 0 Å². The first-order chi connectivity index (χ1) is 8.92. The molecule has 18 heavy (non-hydrogen) atoms. The molecule has 0 aliphatic carbocycles. The molecule has 3 heterocycles. The lowest BCUT2D eigenvalue weighted by atomic mass is 10.1. The summed E-state index contributed by atoms with van der Waals surface area (Å²) in [5.74, 6) is 1.35. The van der Waals surface area contributed by atoms with Gasteiger partial charge in [-0.1, -0.05) is 5.16 Å². The minimum Gasteiger partial charge on any atom is -0.378 e. The second-order valence-electron chi connectivity index (χ2n) is 4.78. The molecule has 2 fully saturated rings. The summed E-state index contributed by atoms with van der Waals surface area (Å²) >= 11 is 0. The molecule has 2 aliphatic heterocycles. The van der Waals surface area contributed by atoms with Gasteiger partial charge in [0.15, 0.2) is 0 Å². The van der Waals surface area contributed by atoms with Crippen LogP contribution in [-0.4, -0.2) is 42.5 Å². The molecule has 0 saturated carbocycles. The van der Waals surface area contributed by atoms with E-state index in [0.29, 0.717) is 24.4 Å². The molecule has 1 aromatic heterocycles. The zero-order valence-electron chi connectivity index (χ0n) is 10.4. The van der Waals surface area contributed by atoms with Crippen LogP contribution in [0.4, 0.5) is 0 Å². The van der Waals surface area contributed by atoms with Crippen molar-refractivity contribution < 1.29 is 14.0 Å². The predicted octanol–water partition coefficient (Wildman–Crippen LogP) is 0.842. The van der Waals surface area contributed by atoms with Gasteiger partial charge in [0.1, 0.15) is 6.10 Å². The smallest absolute Gasteiger partial charge is 0.226 e. The van der Waals surface area contributed by atoms with Crippen LogP contribution in [0.5, 0.6) is 0 Å². The van der Waals surface area contributed by atoms with Gasteiger partial charge in [0, 0.05) is 26.1 Å². The topological polar surface area (TPSA) is 69.4 Å². The van der Waals surface area contributed by atoms with Crippen molar-refractivity contribution in [3.8, 4) is 0 Å². The highest BCUT2D eigenvalue weighted by Crippen LogP contribution is 2.19. The highest BCUT2D eigenvalue weighted by molar-refractivity contribution is 4.94. The maximum Gasteiger partial charge on any atom is 0.226 e. The number of rotatable bonds is 4. The van der Waals surface area contributed by atoms with E-state index in [1.807, 2.05) is 0 Å². The summed E-state index contributed by atoms with van der Waals surface area (Å²) in [4.78, 5) is 4.40. The van der Waals surface area contributed by atoms with Gasteiger partial charge < -0.3 is 19.3 Å². The van der Waals surface area contributed by atoms with Crippen molar-refractivity contribution in [2.45, 2.75) is 37.9 Å². The van der Waals surface area contributed by atoms with Crippen LogP contribution in [0, 0.1) is 0 Å². The Bertz CT molecular complexity index is 370. The molecular weight excluding hydrogens is 234 g/mol. The summed E-state index contributed by atoms with van der Waals surface area (Å²) in [7, 11) is 0. The van der Waals surface area contributed by atoms with Crippen molar-refractivity contribution in [1.29, 1.82) is 0 Å². The molecule has 0 amide bonds. The molecule has 0 radical (unpaired) electrons. The Kier molecular flexibility index (Phi) is 3.87. The molecule has 1 N–H and O–H groups in total. The largest absolute Gasteiger partial charge is 0.378 e. The number of hydrogen-bond acceptors (Lipinski definition) is 6. The van der Waals surface area contributed by atoms with Gasteiger partial charge in [-0.3, -0.25) is 0 Å². The van der Waals surface area contributed by atoms with Crippen LogP contribution < -0.4 is 5.32 Å². The summed E-state index contributed by atoms with van der Waals surface area (Å²) in [5, 5.41) is 7.25. The third kappa shape index (κ3) is 2.88. The number of ether oxygens (including phenoxy) is 2. The molecule has 2 aliphatic rings. The lowest BCUT2D eigenvalue weighted by Crippen LogP contribution is -2.33. The van der Waals surface area contributed by atoms with Crippen LogP contribution in [0.2, 0.25) is 0 Å². The molecule has 6 nitrogen and oxygen atoms in total. The molecule has 1 aromatic rings. The first kappa shape index (κ1) is 12.1. The Morgan fingerprint density at radius 1 is 1.28 bits per heavy atom. The Labute approximate surface area is 106 Å². The van der Waals surface area contributed by atoms with E-state index in [0.717, 1.165) is 39.0 Å². The molecule has 100 valence electrons. The lowest BCUT2D eigenvalue weighted by Gasteiger charge is -2.20. The Morgan fingerprint density at radius 2 is 2.28 bits per heavy atom. The summed E-state index contributed by atoms with van der Waals surface area (Å²) in [6.45, 7) is 3.23. The fraction of sp³-hybridized carbons (Fsp3) is 0.833. The monoisotopic (exact) mass is 253 g/mol. The maximum atomic E-state index is 5.58.